The number of hydrogen-bond donors (Lipinski definition) is 1. The van der Waals surface area contributed by atoms with Crippen LogP contribution in [-0.2, 0) is 14.4 Å². The number of ketones is 2. The van der Waals surface area contributed by atoms with Gasteiger partial charge < -0.3 is 5.11 Å². The van der Waals surface area contributed by atoms with E-state index in [2.05, 4.69) is 0 Å². The van der Waals surface area contributed by atoms with E-state index in [-0.39, 0.29) is 24.4 Å². The van der Waals surface area contributed by atoms with Gasteiger partial charge in [0.25, 0.3) is 0 Å². The number of carboxylic acids is 1. The summed E-state index contributed by atoms with van der Waals surface area (Å²) in [7, 11) is 0. The summed E-state index contributed by atoms with van der Waals surface area (Å²) in [5.74, 6) is -0.663. The molecule has 0 spiro atoms. The smallest absolute Gasteiger partial charge is 0.303 e. The highest BCUT2D eigenvalue weighted by Gasteiger charge is 2.46. The molecule has 0 aliphatic heterocycles. The molecule has 0 saturated heterocycles. The number of carbonyl (C=O) groups is 3. The average Bonchev–Trinajstić information content (AvgIpc) is 2.55. The second kappa shape index (κ2) is 4.09. The zero-order chi connectivity index (χ0) is 12.6. The molecule has 1 N–H and O–H groups in total. The van der Waals surface area contributed by atoms with Crippen LogP contribution < -0.4 is 0 Å². The standard InChI is InChI=1S/C13H16O4/c1-13-7-6-10(14)8(2-5-12(16)17)9(13)3-4-11(13)15/h2-7H2,1H3,(H,16,17). The maximum atomic E-state index is 11.9. The Kier molecular flexibility index (Phi) is 2.89. The van der Waals surface area contributed by atoms with Crippen molar-refractivity contribution in [2.24, 2.45) is 5.41 Å². The summed E-state index contributed by atoms with van der Waals surface area (Å²) in [5.41, 5.74) is 1.05. The highest BCUT2D eigenvalue weighted by molar-refractivity contribution is 6.03. The van der Waals surface area contributed by atoms with Crippen molar-refractivity contribution in [2.45, 2.75) is 45.4 Å². The minimum absolute atomic E-state index is 0.0329. The summed E-state index contributed by atoms with van der Waals surface area (Å²) in [5, 5.41) is 8.69. The summed E-state index contributed by atoms with van der Waals surface area (Å²) in [6.45, 7) is 1.89. The molecule has 1 fully saturated rings. The van der Waals surface area contributed by atoms with Gasteiger partial charge in [-0.05, 0) is 37.3 Å². The Bertz CT molecular complexity index is 433. The largest absolute Gasteiger partial charge is 0.481 e. The molecule has 2 rings (SSSR count). The van der Waals surface area contributed by atoms with Gasteiger partial charge in [-0.3, -0.25) is 14.4 Å². The first kappa shape index (κ1) is 12.0. The number of aliphatic carboxylic acids is 1. The van der Waals surface area contributed by atoms with Gasteiger partial charge in [0.1, 0.15) is 5.78 Å². The molecule has 0 radical (unpaired) electrons. The molecular formula is C13H16O4. The molecule has 2 aliphatic rings. The third-order valence-electron chi connectivity index (χ3n) is 4.03. The summed E-state index contributed by atoms with van der Waals surface area (Å²) in [6, 6.07) is 0. The van der Waals surface area contributed by atoms with Crippen molar-refractivity contribution in [3.63, 3.8) is 0 Å². The van der Waals surface area contributed by atoms with Crippen molar-refractivity contribution >= 4 is 17.5 Å². The Morgan fingerprint density at radius 1 is 1.29 bits per heavy atom. The van der Waals surface area contributed by atoms with Crippen molar-refractivity contribution in [1.82, 2.24) is 0 Å². The lowest BCUT2D eigenvalue weighted by molar-refractivity contribution is -0.137. The number of carbonyl (C=O) groups excluding carboxylic acids is 2. The first-order valence-corrected chi connectivity index (χ1v) is 5.96. The zero-order valence-electron chi connectivity index (χ0n) is 9.91. The van der Waals surface area contributed by atoms with E-state index in [9.17, 15) is 14.4 Å². The molecule has 1 saturated carbocycles. The van der Waals surface area contributed by atoms with E-state index in [1.807, 2.05) is 6.92 Å². The number of allylic oxidation sites excluding steroid dienone is 2. The lowest BCUT2D eigenvalue weighted by Crippen LogP contribution is -2.30. The number of Topliss-reactive ketones (excluding diaryl/α,β-unsaturated/α-hetero) is 2. The van der Waals surface area contributed by atoms with Crippen LogP contribution in [0.5, 0.6) is 0 Å². The first-order chi connectivity index (χ1) is 7.95. The molecule has 0 aromatic carbocycles. The van der Waals surface area contributed by atoms with Gasteiger partial charge in [0.05, 0.1) is 0 Å². The summed E-state index contributed by atoms with van der Waals surface area (Å²) in [4.78, 5) is 34.3. The second-order valence-corrected chi connectivity index (χ2v) is 5.03. The number of hydrogen-bond acceptors (Lipinski definition) is 3. The van der Waals surface area contributed by atoms with Gasteiger partial charge in [-0.15, -0.1) is 0 Å². The van der Waals surface area contributed by atoms with E-state index < -0.39 is 11.4 Å². The van der Waals surface area contributed by atoms with Crippen LogP contribution in [-0.4, -0.2) is 22.6 Å². The van der Waals surface area contributed by atoms with Crippen molar-refractivity contribution < 1.29 is 19.5 Å². The molecule has 4 nitrogen and oxygen atoms in total. The van der Waals surface area contributed by atoms with Crippen LogP contribution in [0.3, 0.4) is 0 Å². The van der Waals surface area contributed by atoms with Crippen LogP contribution in [0.2, 0.25) is 0 Å². The fraction of sp³-hybridized carbons (Fsp3) is 0.615. The quantitative estimate of drug-likeness (QED) is 0.812. The Morgan fingerprint density at radius 2 is 2.00 bits per heavy atom. The lowest BCUT2D eigenvalue weighted by Gasteiger charge is -2.31. The fourth-order valence-corrected chi connectivity index (χ4v) is 2.94. The Balaban J connectivity index is 2.34. The van der Waals surface area contributed by atoms with E-state index in [0.29, 0.717) is 31.3 Å². The van der Waals surface area contributed by atoms with Gasteiger partial charge in [-0.1, -0.05) is 0 Å². The molecule has 2 aliphatic carbocycles. The Labute approximate surface area is 99.7 Å². The summed E-state index contributed by atoms with van der Waals surface area (Å²) >= 11 is 0. The fourth-order valence-electron chi connectivity index (χ4n) is 2.94. The predicted molar refractivity (Wildman–Crippen MR) is 60.5 cm³/mol. The SMILES string of the molecule is CC12CCC(=O)C(CCC(=O)O)=C1CCC2=O. The third kappa shape index (κ3) is 1.92. The highest BCUT2D eigenvalue weighted by Crippen LogP contribution is 2.48. The number of rotatable bonds is 3. The first-order valence-electron chi connectivity index (χ1n) is 5.96. The van der Waals surface area contributed by atoms with E-state index in [1.54, 1.807) is 0 Å². The van der Waals surface area contributed by atoms with E-state index in [4.69, 9.17) is 5.11 Å². The molecule has 0 aromatic heterocycles. The number of fused-ring (bicyclic) bond motifs is 1. The summed E-state index contributed by atoms with van der Waals surface area (Å²) in [6.07, 6.45) is 2.34. The summed E-state index contributed by atoms with van der Waals surface area (Å²) < 4.78 is 0. The van der Waals surface area contributed by atoms with Crippen LogP contribution in [0.15, 0.2) is 11.1 Å². The molecular weight excluding hydrogens is 220 g/mol. The van der Waals surface area contributed by atoms with Crippen LogP contribution >= 0.6 is 0 Å². The molecule has 17 heavy (non-hydrogen) atoms. The monoisotopic (exact) mass is 236 g/mol. The van der Waals surface area contributed by atoms with Gasteiger partial charge in [-0.2, -0.15) is 0 Å². The van der Waals surface area contributed by atoms with E-state index in [0.717, 1.165) is 5.57 Å². The molecule has 0 heterocycles. The topological polar surface area (TPSA) is 71.4 Å². The van der Waals surface area contributed by atoms with Gasteiger partial charge in [0.15, 0.2) is 5.78 Å². The van der Waals surface area contributed by atoms with Crippen molar-refractivity contribution in [1.29, 1.82) is 0 Å². The number of carboxylic acid groups (broad SMARTS) is 1. The van der Waals surface area contributed by atoms with Gasteiger partial charge >= 0.3 is 5.97 Å². The predicted octanol–water partition coefficient (Wildman–Crippen LogP) is 1.88. The van der Waals surface area contributed by atoms with Gasteiger partial charge in [0.2, 0.25) is 0 Å². The average molecular weight is 236 g/mol. The van der Waals surface area contributed by atoms with Crippen molar-refractivity contribution in [3.05, 3.63) is 11.1 Å². The minimum atomic E-state index is -0.900. The zero-order valence-corrected chi connectivity index (χ0v) is 9.91. The third-order valence-corrected chi connectivity index (χ3v) is 4.03. The second-order valence-electron chi connectivity index (χ2n) is 5.03. The van der Waals surface area contributed by atoms with Crippen LogP contribution in [0.4, 0.5) is 0 Å². The molecule has 4 heteroatoms. The molecule has 0 aromatic rings. The van der Waals surface area contributed by atoms with E-state index >= 15 is 0 Å². The minimum Gasteiger partial charge on any atom is -0.481 e. The molecule has 1 atom stereocenters. The Hall–Kier alpha value is -1.45. The van der Waals surface area contributed by atoms with Crippen LogP contribution in [0, 0.1) is 5.41 Å². The van der Waals surface area contributed by atoms with Crippen LogP contribution in [0.1, 0.15) is 45.4 Å². The molecule has 92 valence electrons. The Morgan fingerprint density at radius 3 is 2.65 bits per heavy atom. The molecule has 0 amide bonds. The van der Waals surface area contributed by atoms with Crippen molar-refractivity contribution in [3.8, 4) is 0 Å². The van der Waals surface area contributed by atoms with Crippen LogP contribution in [0.25, 0.3) is 0 Å². The highest BCUT2D eigenvalue weighted by atomic mass is 16.4. The molecule has 1 unspecified atom stereocenters. The van der Waals surface area contributed by atoms with Gasteiger partial charge in [-0.25, -0.2) is 0 Å². The maximum Gasteiger partial charge on any atom is 0.303 e. The maximum absolute atomic E-state index is 11.9. The normalized spacial score (nSPS) is 28.5. The lowest BCUT2D eigenvalue weighted by atomic mass is 9.71. The van der Waals surface area contributed by atoms with E-state index in [1.165, 1.54) is 0 Å². The molecule has 0 bridgehead atoms. The van der Waals surface area contributed by atoms with Crippen molar-refractivity contribution in [2.75, 3.05) is 0 Å². The van der Waals surface area contributed by atoms with Gasteiger partial charge in [0, 0.05) is 24.7 Å².